The first-order valence-electron chi connectivity index (χ1n) is 6.80. The number of hydrogen-bond acceptors (Lipinski definition) is 3. The highest BCUT2D eigenvalue weighted by atomic mass is 19.1. The van der Waals surface area contributed by atoms with Crippen molar-refractivity contribution in [2.45, 2.75) is 31.8 Å². The van der Waals surface area contributed by atoms with Crippen LogP contribution >= 0.6 is 0 Å². The van der Waals surface area contributed by atoms with Gasteiger partial charge in [-0.2, -0.15) is 0 Å². The van der Waals surface area contributed by atoms with Gasteiger partial charge < -0.3 is 15.4 Å². The maximum Gasteiger partial charge on any atom is 0.410 e. The number of benzene rings is 1. The normalized spacial score (nSPS) is 17.3. The third-order valence-electron chi connectivity index (χ3n) is 3.50. The minimum absolute atomic E-state index is 0.204. The van der Waals surface area contributed by atoms with Gasteiger partial charge in [0, 0.05) is 31.1 Å². The fourth-order valence-corrected chi connectivity index (χ4v) is 2.43. The SMILES string of the molecule is CC(C)(C)OC(=O)N1CC(CN)(c2cc(F)cc(F)c2)C1. The number of rotatable bonds is 2. The van der Waals surface area contributed by atoms with Crippen LogP contribution in [-0.2, 0) is 10.2 Å². The highest BCUT2D eigenvalue weighted by Gasteiger charge is 2.47. The Morgan fingerprint density at radius 3 is 2.24 bits per heavy atom. The third-order valence-corrected chi connectivity index (χ3v) is 3.50. The van der Waals surface area contributed by atoms with E-state index >= 15 is 0 Å². The lowest BCUT2D eigenvalue weighted by Gasteiger charge is -2.49. The molecule has 0 spiro atoms. The molecule has 1 aromatic carbocycles. The lowest BCUT2D eigenvalue weighted by Crippen LogP contribution is -2.65. The fraction of sp³-hybridized carbons (Fsp3) is 0.533. The molecule has 0 bridgehead atoms. The van der Waals surface area contributed by atoms with Crippen LogP contribution in [0.2, 0.25) is 0 Å². The number of amides is 1. The van der Waals surface area contributed by atoms with E-state index in [1.807, 2.05) is 0 Å². The van der Waals surface area contributed by atoms with Gasteiger partial charge in [-0.1, -0.05) is 0 Å². The van der Waals surface area contributed by atoms with Gasteiger partial charge in [0.05, 0.1) is 0 Å². The highest BCUT2D eigenvalue weighted by Crippen LogP contribution is 2.35. The van der Waals surface area contributed by atoms with E-state index in [0.29, 0.717) is 18.7 Å². The first-order valence-corrected chi connectivity index (χ1v) is 6.80. The topological polar surface area (TPSA) is 55.6 Å². The molecule has 1 amide bonds. The summed E-state index contributed by atoms with van der Waals surface area (Å²) in [5.41, 5.74) is 5.05. The number of carbonyl (C=O) groups excluding carboxylic acids is 1. The van der Waals surface area contributed by atoms with Gasteiger partial charge in [-0.25, -0.2) is 13.6 Å². The van der Waals surface area contributed by atoms with E-state index < -0.39 is 28.7 Å². The Labute approximate surface area is 122 Å². The molecular formula is C15H20F2N2O2. The zero-order chi connectivity index (χ0) is 15.8. The van der Waals surface area contributed by atoms with Gasteiger partial charge in [-0.3, -0.25) is 0 Å². The van der Waals surface area contributed by atoms with E-state index in [1.165, 1.54) is 17.0 Å². The van der Waals surface area contributed by atoms with Crippen LogP contribution in [0.25, 0.3) is 0 Å². The van der Waals surface area contributed by atoms with Gasteiger partial charge in [-0.05, 0) is 38.5 Å². The van der Waals surface area contributed by atoms with Crippen molar-refractivity contribution in [3.05, 3.63) is 35.4 Å². The summed E-state index contributed by atoms with van der Waals surface area (Å²) in [5, 5.41) is 0. The fourth-order valence-electron chi connectivity index (χ4n) is 2.43. The number of likely N-dealkylation sites (tertiary alicyclic amines) is 1. The summed E-state index contributed by atoms with van der Waals surface area (Å²) in [4.78, 5) is 13.4. The smallest absolute Gasteiger partial charge is 0.410 e. The van der Waals surface area contributed by atoms with Crippen molar-refractivity contribution >= 4 is 6.09 Å². The Hall–Kier alpha value is -1.69. The van der Waals surface area contributed by atoms with Crippen molar-refractivity contribution in [1.82, 2.24) is 4.90 Å². The number of nitrogens with two attached hydrogens (primary N) is 1. The highest BCUT2D eigenvalue weighted by molar-refractivity contribution is 5.70. The number of carbonyl (C=O) groups is 1. The van der Waals surface area contributed by atoms with Crippen LogP contribution < -0.4 is 5.73 Å². The Bertz CT molecular complexity index is 529. The van der Waals surface area contributed by atoms with E-state index in [0.717, 1.165) is 6.07 Å². The maximum absolute atomic E-state index is 13.3. The minimum Gasteiger partial charge on any atom is -0.444 e. The largest absolute Gasteiger partial charge is 0.444 e. The lowest BCUT2D eigenvalue weighted by molar-refractivity contribution is -0.00832. The van der Waals surface area contributed by atoms with E-state index in [9.17, 15) is 13.6 Å². The van der Waals surface area contributed by atoms with Crippen LogP contribution in [0, 0.1) is 11.6 Å². The molecule has 0 unspecified atom stereocenters. The Balaban J connectivity index is 2.12. The number of halogens is 2. The molecule has 1 heterocycles. The summed E-state index contributed by atoms with van der Waals surface area (Å²) >= 11 is 0. The molecule has 6 heteroatoms. The first kappa shape index (κ1) is 15.7. The van der Waals surface area contributed by atoms with E-state index in [-0.39, 0.29) is 6.54 Å². The van der Waals surface area contributed by atoms with E-state index in [4.69, 9.17) is 10.5 Å². The molecule has 0 atom stereocenters. The minimum atomic E-state index is -0.645. The van der Waals surface area contributed by atoms with Crippen LogP contribution in [0.3, 0.4) is 0 Å². The molecule has 2 N–H and O–H groups in total. The van der Waals surface area contributed by atoms with Crippen molar-refractivity contribution < 1.29 is 18.3 Å². The van der Waals surface area contributed by atoms with E-state index in [1.54, 1.807) is 20.8 Å². The summed E-state index contributed by atoms with van der Waals surface area (Å²) in [6.45, 7) is 6.13. The number of nitrogens with zero attached hydrogens (tertiary/aromatic N) is 1. The molecule has 0 aromatic heterocycles. The summed E-state index contributed by atoms with van der Waals surface area (Å²) in [5.74, 6) is -1.29. The van der Waals surface area contributed by atoms with Gasteiger partial charge in [0.1, 0.15) is 17.2 Å². The summed E-state index contributed by atoms with van der Waals surface area (Å²) in [6, 6.07) is 3.35. The molecule has 0 aliphatic carbocycles. The molecule has 1 fully saturated rings. The molecule has 4 nitrogen and oxygen atoms in total. The van der Waals surface area contributed by atoms with Crippen molar-refractivity contribution in [3.8, 4) is 0 Å². The zero-order valence-electron chi connectivity index (χ0n) is 12.5. The maximum atomic E-state index is 13.3. The molecule has 1 aromatic rings. The van der Waals surface area contributed by atoms with Crippen LogP contribution in [0.5, 0.6) is 0 Å². The van der Waals surface area contributed by atoms with E-state index in [2.05, 4.69) is 0 Å². The second kappa shape index (κ2) is 5.26. The Morgan fingerprint density at radius 2 is 1.81 bits per heavy atom. The zero-order valence-corrected chi connectivity index (χ0v) is 12.5. The van der Waals surface area contributed by atoms with Gasteiger partial charge in [0.15, 0.2) is 0 Å². The average Bonchev–Trinajstić information content (AvgIpc) is 2.24. The average molecular weight is 298 g/mol. The predicted molar refractivity (Wildman–Crippen MR) is 74.9 cm³/mol. The summed E-state index contributed by atoms with van der Waals surface area (Å²) < 4.78 is 32.0. The molecule has 0 radical (unpaired) electrons. The molecule has 2 rings (SSSR count). The van der Waals surface area contributed by atoms with Crippen molar-refractivity contribution in [2.75, 3.05) is 19.6 Å². The summed E-state index contributed by atoms with van der Waals surface area (Å²) in [7, 11) is 0. The van der Waals surface area contributed by atoms with Gasteiger partial charge in [0.2, 0.25) is 0 Å². The number of hydrogen-bond donors (Lipinski definition) is 1. The van der Waals surface area contributed by atoms with Gasteiger partial charge in [-0.15, -0.1) is 0 Å². The molecule has 1 saturated heterocycles. The monoisotopic (exact) mass is 298 g/mol. The van der Waals surface area contributed by atoms with Gasteiger partial charge in [0.25, 0.3) is 0 Å². The predicted octanol–water partition coefficient (Wildman–Crippen LogP) is 2.41. The second-order valence-corrected chi connectivity index (χ2v) is 6.48. The van der Waals surface area contributed by atoms with Crippen LogP contribution in [-0.4, -0.2) is 36.2 Å². The van der Waals surface area contributed by atoms with Crippen LogP contribution in [0.15, 0.2) is 18.2 Å². The van der Waals surface area contributed by atoms with Gasteiger partial charge >= 0.3 is 6.09 Å². The Morgan fingerprint density at radius 1 is 1.29 bits per heavy atom. The standard InChI is InChI=1S/C15H20F2N2O2/c1-14(2,3)21-13(20)19-8-15(7-18,9-19)10-4-11(16)6-12(17)5-10/h4-6H,7-9,18H2,1-3H3. The first-order chi connectivity index (χ1) is 9.65. The van der Waals surface area contributed by atoms with Crippen LogP contribution in [0.4, 0.5) is 13.6 Å². The molecule has 1 aliphatic heterocycles. The van der Waals surface area contributed by atoms with Crippen molar-refractivity contribution in [2.24, 2.45) is 5.73 Å². The molecule has 0 saturated carbocycles. The second-order valence-electron chi connectivity index (χ2n) is 6.48. The Kier molecular flexibility index (Phi) is 3.93. The quantitative estimate of drug-likeness (QED) is 0.912. The van der Waals surface area contributed by atoms with Crippen LogP contribution in [0.1, 0.15) is 26.3 Å². The number of ether oxygens (including phenoxy) is 1. The molecular weight excluding hydrogens is 278 g/mol. The molecule has 21 heavy (non-hydrogen) atoms. The summed E-state index contributed by atoms with van der Waals surface area (Å²) in [6.07, 6.45) is -0.441. The lowest BCUT2D eigenvalue weighted by atomic mass is 9.74. The third kappa shape index (κ3) is 3.32. The van der Waals surface area contributed by atoms with Crippen molar-refractivity contribution in [1.29, 1.82) is 0 Å². The van der Waals surface area contributed by atoms with Crippen molar-refractivity contribution in [3.63, 3.8) is 0 Å². The molecule has 1 aliphatic rings. The molecule has 116 valence electrons.